The number of carbonyl (C=O) groups excluding carboxylic acids is 4. The Labute approximate surface area is 140 Å². The Kier molecular flexibility index (Phi) is 7.59. The van der Waals surface area contributed by atoms with E-state index < -0.39 is 35.8 Å². The van der Waals surface area contributed by atoms with Crippen molar-refractivity contribution in [3.8, 4) is 0 Å². The lowest BCUT2D eigenvalue weighted by Crippen LogP contribution is -2.66. The van der Waals surface area contributed by atoms with E-state index in [9.17, 15) is 19.2 Å². The summed E-state index contributed by atoms with van der Waals surface area (Å²) in [7, 11) is 0. The van der Waals surface area contributed by atoms with Crippen LogP contribution in [0.15, 0.2) is 0 Å². The lowest BCUT2D eigenvalue weighted by molar-refractivity contribution is -0.153. The average molecular weight is 344 g/mol. The van der Waals surface area contributed by atoms with Gasteiger partial charge in [-0.1, -0.05) is 0 Å². The topological polar surface area (TPSA) is 145 Å². The molecule has 0 spiro atoms. The lowest BCUT2D eigenvalue weighted by Gasteiger charge is -2.42. The van der Waals surface area contributed by atoms with Crippen LogP contribution in [-0.4, -0.2) is 85.0 Å². The van der Waals surface area contributed by atoms with Crippen molar-refractivity contribution in [3.05, 3.63) is 0 Å². The first-order valence-corrected chi connectivity index (χ1v) is 7.68. The number of nitrogens with zero attached hydrogens (tertiary/aromatic N) is 2. The Morgan fingerprint density at radius 3 is 1.42 bits per heavy atom. The van der Waals surface area contributed by atoms with Gasteiger partial charge in [0.2, 0.25) is 11.8 Å². The van der Waals surface area contributed by atoms with E-state index in [2.05, 4.69) is 0 Å². The van der Waals surface area contributed by atoms with Crippen molar-refractivity contribution < 1.29 is 28.7 Å². The molecule has 0 aromatic carbocycles. The summed E-state index contributed by atoms with van der Waals surface area (Å²) in [6.07, 6.45) is 0. The second-order valence-electron chi connectivity index (χ2n) is 5.31. The molecule has 10 nitrogen and oxygen atoms in total. The summed E-state index contributed by atoms with van der Waals surface area (Å²) in [5.41, 5.74) is 10.8. The fraction of sp³-hybridized carbons (Fsp3) is 0.714. The third-order valence-electron chi connectivity index (χ3n) is 3.63. The van der Waals surface area contributed by atoms with Crippen molar-refractivity contribution in [2.75, 3.05) is 39.4 Å². The molecule has 1 heterocycles. The number of piperazine rings is 1. The standard InChI is InChI=1S/C14H24N4O6/c1-3-23-11(19)7-17-5-10(14(16)22)18(6-9(17)13(15)21)8-12(20)24-4-2/h9-10H,3-8H2,1-2H3,(H2,15,21)(H2,16,22)/t9-,10+. The molecule has 0 aromatic heterocycles. The zero-order valence-corrected chi connectivity index (χ0v) is 13.9. The molecule has 2 amide bonds. The third-order valence-corrected chi connectivity index (χ3v) is 3.63. The first-order valence-electron chi connectivity index (χ1n) is 7.68. The second-order valence-corrected chi connectivity index (χ2v) is 5.31. The molecule has 4 N–H and O–H groups in total. The Morgan fingerprint density at radius 2 is 1.17 bits per heavy atom. The van der Waals surface area contributed by atoms with Gasteiger partial charge in [0.15, 0.2) is 0 Å². The molecule has 1 saturated heterocycles. The summed E-state index contributed by atoms with van der Waals surface area (Å²) in [6, 6.07) is -1.70. The van der Waals surface area contributed by atoms with Crippen molar-refractivity contribution in [1.82, 2.24) is 9.80 Å². The van der Waals surface area contributed by atoms with Crippen LogP contribution >= 0.6 is 0 Å². The Morgan fingerprint density at radius 1 is 0.833 bits per heavy atom. The van der Waals surface area contributed by atoms with E-state index in [0.717, 1.165) is 0 Å². The molecular weight excluding hydrogens is 320 g/mol. The molecule has 1 aliphatic rings. The van der Waals surface area contributed by atoms with Crippen molar-refractivity contribution in [1.29, 1.82) is 0 Å². The van der Waals surface area contributed by atoms with Crippen LogP contribution in [0.25, 0.3) is 0 Å². The first kappa shape index (κ1) is 19.8. The molecule has 24 heavy (non-hydrogen) atoms. The van der Waals surface area contributed by atoms with Crippen LogP contribution in [0.2, 0.25) is 0 Å². The number of carbonyl (C=O) groups is 4. The number of hydrogen-bond donors (Lipinski definition) is 2. The molecule has 1 aliphatic heterocycles. The zero-order valence-electron chi connectivity index (χ0n) is 13.9. The van der Waals surface area contributed by atoms with E-state index in [1.807, 2.05) is 0 Å². The average Bonchev–Trinajstić information content (AvgIpc) is 2.48. The monoisotopic (exact) mass is 344 g/mol. The number of rotatable bonds is 8. The Balaban J connectivity index is 2.91. The highest BCUT2D eigenvalue weighted by Crippen LogP contribution is 2.16. The van der Waals surface area contributed by atoms with Gasteiger partial charge in [-0.2, -0.15) is 0 Å². The fourth-order valence-electron chi connectivity index (χ4n) is 2.56. The molecule has 136 valence electrons. The number of nitrogens with two attached hydrogens (primary N) is 2. The molecule has 0 saturated carbocycles. The SMILES string of the molecule is CCOC(=O)CN1C[C@@H](C(N)=O)N(CC(=O)OCC)C[C@@H]1C(N)=O. The van der Waals surface area contributed by atoms with E-state index >= 15 is 0 Å². The molecule has 2 atom stereocenters. The predicted molar refractivity (Wildman–Crippen MR) is 82.4 cm³/mol. The molecule has 0 bridgehead atoms. The second kappa shape index (κ2) is 9.18. The maximum absolute atomic E-state index is 11.7. The predicted octanol–water partition coefficient (Wildman–Crippen LogP) is -2.56. The highest BCUT2D eigenvalue weighted by atomic mass is 16.5. The van der Waals surface area contributed by atoms with Crippen LogP contribution in [0.1, 0.15) is 13.8 Å². The molecular formula is C14H24N4O6. The summed E-state index contributed by atoms with van der Waals surface area (Å²) in [4.78, 5) is 49.7. The van der Waals surface area contributed by atoms with Gasteiger partial charge in [-0.25, -0.2) is 0 Å². The van der Waals surface area contributed by atoms with Crippen molar-refractivity contribution in [3.63, 3.8) is 0 Å². The molecule has 0 aliphatic carbocycles. The van der Waals surface area contributed by atoms with Crippen LogP contribution in [0.5, 0.6) is 0 Å². The molecule has 0 unspecified atom stereocenters. The quantitative estimate of drug-likeness (QED) is 0.457. The highest BCUT2D eigenvalue weighted by Gasteiger charge is 2.40. The van der Waals surface area contributed by atoms with E-state index in [0.29, 0.717) is 0 Å². The van der Waals surface area contributed by atoms with Gasteiger partial charge in [0.1, 0.15) is 12.1 Å². The van der Waals surface area contributed by atoms with Crippen LogP contribution in [0, 0.1) is 0 Å². The maximum atomic E-state index is 11.7. The maximum Gasteiger partial charge on any atom is 0.320 e. The first-order chi connectivity index (χ1) is 11.3. The number of esters is 2. The number of amides is 2. The molecule has 0 aromatic rings. The van der Waals surface area contributed by atoms with Crippen LogP contribution in [0.4, 0.5) is 0 Å². The lowest BCUT2D eigenvalue weighted by atomic mass is 10.0. The van der Waals surface area contributed by atoms with Crippen molar-refractivity contribution in [2.24, 2.45) is 11.5 Å². The summed E-state index contributed by atoms with van der Waals surface area (Å²) in [5.74, 6) is -2.41. The van der Waals surface area contributed by atoms with E-state index in [1.165, 1.54) is 9.80 Å². The van der Waals surface area contributed by atoms with Gasteiger partial charge < -0.3 is 20.9 Å². The van der Waals surface area contributed by atoms with Gasteiger partial charge in [-0.3, -0.25) is 29.0 Å². The minimum absolute atomic E-state index is 0.0127. The van der Waals surface area contributed by atoms with Crippen LogP contribution in [0.3, 0.4) is 0 Å². The number of primary amides is 2. The summed E-state index contributed by atoms with van der Waals surface area (Å²) < 4.78 is 9.71. The van der Waals surface area contributed by atoms with E-state index in [-0.39, 0.29) is 39.4 Å². The smallest absolute Gasteiger partial charge is 0.320 e. The molecule has 0 radical (unpaired) electrons. The van der Waals surface area contributed by atoms with Gasteiger partial charge in [-0.05, 0) is 13.8 Å². The minimum Gasteiger partial charge on any atom is -0.465 e. The van der Waals surface area contributed by atoms with Gasteiger partial charge in [0.25, 0.3) is 0 Å². The fourth-order valence-corrected chi connectivity index (χ4v) is 2.56. The normalized spacial score (nSPS) is 21.9. The van der Waals surface area contributed by atoms with Crippen LogP contribution < -0.4 is 11.5 Å². The number of ether oxygens (including phenoxy) is 2. The highest BCUT2D eigenvalue weighted by molar-refractivity contribution is 5.85. The minimum atomic E-state index is -0.848. The van der Waals surface area contributed by atoms with Crippen molar-refractivity contribution in [2.45, 2.75) is 25.9 Å². The third kappa shape index (κ3) is 5.46. The summed E-state index contributed by atoms with van der Waals surface area (Å²) >= 11 is 0. The molecule has 1 rings (SSSR count). The zero-order chi connectivity index (χ0) is 18.3. The largest absolute Gasteiger partial charge is 0.465 e. The van der Waals surface area contributed by atoms with Gasteiger partial charge in [0.05, 0.1) is 26.3 Å². The molecule has 10 heteroatoms. The van der Waals surface area contributed by atoms with Crippen molar-refractivity contribution >= 4 is 23.8 Å². The van der Waals surface area contributed by atoms with Gasteiger partial charge in [-0.15, -0.1) is 0 Å². The van der Waals surface area contributed by atoms with Gasteiger partial charge in [0, 0.05) is 13.1 Å². The van der Waals surface area contributed by atoms with E-state index in [1.54, 1.807) is 13.8 Å². The Hall–Kier alpha value is -2.20. The number of hydrogen-bond acceptors (Lipinski definition) is 8. The van der Waals surface area contributed by atoms with Gasteiger partial charge >= 0.3 is 11.9 Å². The Bertz CT molecular complexity index is 454. The molecule has 1 fully saturated rings. The summed E-state index contributed by atoms with van der Waals surface area (Å²) in [6.45, 7) is 3.30. The van der Waals surface area contributed by atoms with E-state index in [4.69, 9.17) is 20.9 Å². The summed E-state index contributed by atoms with van der Waals surface area (Å²) in [5, 5.41) is 0. The van der Waals surface area contributed by atoms with Crippen LogP contribution in [-0.2, 0) is 28.7 Å².